The van der Waals surface area contributed by atoms with Gasteiger partial charge in [-0.25, -0.2) is 4.79 Å². The highest BCUT2D eigenvalue weighted by atomic mass is 16.6. The lowest BCUT2D eigenvalue weighted by Gasteiger charge is -2.36. The topological polar surface area (TPSA) is 49.8 Å². The summed E-state index contributed by atoms with van der Waals surface area (Å²) in [5.74, 6) is 0.625. The van der Waals surface area contributed by atoms with Gasteiger partial charge >= 0.3 is 6.09 Å². The molecule has 1 heterocycles. The number of hydrogen-bond donors (Lipinski definition) is 1. The molecule has 1 aliphatic heterocycles. The van der Waals surface area contributed by atoms with E-state index in [0.717, 1.165) is 18.4 Å². The first kappa shape index (κ1) is 11.4. The monoisotopic (exact) mass is 247 g/mol. The van der Waals surface area contributed by atoms with Crippen molar-refractivity contribution in [1.82, 2.24) is 4.90 Å². The molecule has 0 aromatic heterocycles. The van der Waals surface area contributed by atoms with Gasteiger partial charge in [0.1, 0.15) is 11.5 Å². The van der Waals surface area contributed by atoms with E-state index in [1.54, 1.807) is 6.07 Å². The Morgan fingerprint density at radius 3 is 2.78 bits per heavy atom. The van der Waals surface area contributed by atoms with E-state index in [9.17, 15) is 9.90 Å². The molecular weight excluding hydrogens is 230 g/mol. The number of carbonyl (C=O) groups is 1. The van der Waals surface area contributed by atoms with Crippen LogP contribution in [0.1, 0.15) is 37.7 Å². The summed E-state index contributed by atoms with van der Waals surface area (Å²) >= 11 is 0. The first-order valence-corrected chi connectivity index (χ1v) is 6.54. The lowest BCUT2D eigenvalue weighted by Crippen LogP contribution is -2.44. The van der Waals surface area contributed by atoms with Crippen LogP contribution in [0.3, 0.4) is 0 Å². The van der Waals surface area contributed by atoms with Crippen molar-refractivity contribution in [2.75, 3.05) is 0 Å². The predicted molar refractivity (Wildman–Crippen MR) is 66.5 cm³/mol. The molecule has 2 aliphatic rings. The van der Waals surface area contributed by atoms with Crippen molar-refractivity contribution < 1.29 is 14.6 Å². The molecule has 0 spiro atoms. The molecular formula is C14H17NO3. The number of phenols is 1. The zero-order valence-electron chi connectivity index (χ0n) is 10.3. The highest BCUT2D eigenvalue weighted by Crippen LogP contribution is 2.33. The first-order chi connectivity index (χ1) is 8.74. The van der Waals surface area contributed by atoms with Gasteiger partial charge in [-0.1, -0.05) is 19.3 Å². The minimum absolute atomic E-state index is 0.132. The maximum absolute atomic E-state index is 12.0. The van der Waals surface area contributed by atoms with Crippen molar-refractivity contribution >= 4 is 6.09 Å². The van der Waals surface area contributed by atoms with E-state index in [-0.39, 0.29) is 11.8 Å². The second-order valence-electron chi connectivity index (χ2n) is 5.08. The number of aromatic hydroxyl groups is 1. The Hall–Kier alpha value is -1.71. The molecule has 0 bridgehead atoms. The molecule has 4 nitrogen and oxygen atoms in total. The number of phenolic OH excluding ortho intramolecular Hbond substituents is 1. The van der Waals surface area contributed by atoms with Gasteiger partial charge in [0.25, 0.3) is 0 Å². The van der Waals surface area contributed by atoms with Crippen molar-refractivity contribution in [2.45, 2.75) is 44.7 Å². The molecule has 0 unspecified atom stereocenters. The van der Waals surface area contributed by atoms with E-state index >= 15 is 0 Å². The molecule has 1 aromatic carbocycles. The van der Waals surface area contributed by atoms with Crippen molar-refractivity contribution in [3.05, 3.63) is 23.8 Å². The quantitative estimate of drug-likeness (QED) is 0.829. The van der Waals surface area contributed by atoms with Gasteiger partial charge in [0, 0.05) is 17.7 Å². The van der Waals surface area contributed by atoms with Crippen molar-refractivity contribution in [3.8, 4) is 11.5 Å². The standard InChI is InChI=1S/C14H17NO3/c16-12-7-6-10-9-15(11-4-2-1-3-5-11)14(17)18-13(10)8-12/h6-8,11,16H,1-5,9H2. The fourth-order valence-electron chi connectivity index (χ4n) is 2.84. The van der Waals surface area contributed by atoms with Gasteiger partial charge in [-0.3, -0.25) is 0 Å². The first-order valence-electron chi connectivity index (χ1n) is 6.54. The summed E-state index contributed by atoms with van der Waals surface area (Å²) in [7, 11) is 0. The fraction of sp³-hybridized carbons (Fsp3) is 0.500. The fourth-order valence-corrected chi connectivity index (χ4v) is 2.84. The Balaban J connectivity index is 1.82. The van der Waals surface area contributed by atoms with E-state index in [4.69, 9.17) is 4.74 Å². The lowest BCUT2D eigenvalue weighted by atomic mass is 9.94. The Kier molecular flexibility index (Phi) is 2.86. The van der Waals surface area contributed by atoms with E-state index in [2.05, 4.69) is 0 Å². The second kappa shape index (κ2) is 4.52. The molecule has 1 N–H and O–H groups in total. The Morgan fingerprint density at radius 1 is 1.22 bits per heavy atom. The summed E-state index contributed by atoms with van der Waals surface area (Å²) in [6.07, 6.45) is 5.52. The van der Waals surface area contributed by atoms with E-state index < -0.39 is 0 Å². The van der Waals surface area contributed by atoms with Crippen LogP contribution in [-0.2, 0) is 6.54 Å². The summed E-state index contributed by atoms with van der Waals surface area (Å²) in [6.45, 7) is 0.596. The molecule has 1 amide bonds. The normalized spacial score (nSPS) is 20.4. The summed E-state index contributed by atoms with van der Waals surface area (Å²) < 4.78 is 5.31. The average Bonchev–Trinajstić information content (AvgIpc) is 2.39. The smallest absolute Gasteiger partial charge is 0.415 e. The Labute approximate surface area is 106 Å². The number of benzene rings is 1. The van der Waals surface area contributed by atoms with Crippen LogP contribution in [0.5, 0.6) is 11.5 Å². The van der Waals surface area contributed by atoms with Gasteiger partial charge in [-0.05, 0) is 25.0 Å². The molecule has 1 saturated carbocycles. The number of ether oxygens (including phenoxy) is 1. The average molecular weight is 247 g/mol. The predicted octanol–water partition coefficient (Wildman–Crippen LogP) is 3.04. The van der Waals surface area contributed by atoms with Crippen LogP contribution >= 0.6 is 0 Å². The third-order valence-corrected chi connectivity index (χ3v) is 3.84. The lowest BCUT2D eigenvalue weighted by molar-refractivity contribution is 0.102. The van der Waals surface area contributed by atoms with Crippen LogP contribution < -0.4 is 4.74 Å². The zero-order valence-corrected chi connectivity index (χ0v) is 10.3. The molecule has 0 atom stereocenters. The van der Waals surface area contributed by atoms with Crippen LogP contribution in [0, 0.1) is 0 Å². The SMILES string of the molecule is O=C1Oc2cc(O)ccc2CN1C1CCCCC1. The maximum Gasteiger partial charge on any atom is 0.415 e. The summed E-state index contributed by atoms with van der Waals surface area (Å²) in [5.41, 5.74) is 0.970. The molecule has 4 heteroatoms. The van der Waals surface area contributed by atoms with E-state index in [0.29, 0.717) is 18.3 Å². The molecule has 18 heavy (non-hydrogen) atoms. The minimum atomic E-state index is -0.278. The van der Waals surface area contributed by atoms with Crippen LogP contribution in [-0.4, -0.2) is 22.1 Å². The molecule has 1 fully saturated rings. The van der Waals surface area contributed by atoms with Crippen LogP contribution in [0.2, 0.25) is 0 Å². The highest BCUT2D eigenvalue weighted by Gasteiger charge is 2.31. The molecule has 1 aliphatic carbocycles. The van der Waals surface area contributed by atoms with Crippen molar-refractivity contribution in [1.29, 1.82) is 0 Å². The van der Waals surface area contributed by atoms with Gasteiger partial charge < -0.3 is 14.7 Å². The zero-order chi connectivity index (χ0) is 12.5. The number of hydrogen-bond acceptors (Lipinski definition) is 3. The molecule has 3 rings (SSSR count). The minimum Gasteiger partial charge on any atom is -0.508 e. The van der Waals surface area contributed by atoms with Gasteiger partial charge in [0.15, 0.2) is 0 Å². The van der Waals surface area contributed by atoms with Gasteiger partial charge in [-0.2, -0.15) is 0 Å². The van der Waals surface area contributed by atoms with E-state index in [1.165, 1.54) is 25.3 Å². The Bertz CT molecular complexity index is 466. The van der Waals surface area contributed by atoms with Crippen LogP contribution in [0.4, 0.5) is 4.79 Å². The van der Waals surface area contributed by atoms with Crippen LogP contribution in [0.25, 0.3) is 0 Å². The molecule has 0 radical (unpaired) electrons. The van der Waals surface area contributed by atoms with Crippen LogP contribution in [0.15, 0.2) is 18.2 Å². The molecule has 0 saturated heterocycles. The number of rotatable bonds is 1. The van der Waals surface area contributed by atoms with Gasteiger partial charge in [0.2, 0.25) is 0 Å². The van der Waals surface area contributed by atoms with Gasteiger partial charge in [-0.15, -0.1) is 0 Å². The largest absolute Gasteiger partial charge is 0.508 e. The van der Waals surface area contributed by atoms with Gasteiger partial charge in [0.05, 0.1) is 6.54 Å². The third-order valence-electron chi connectivity index (χ3n) is 3.84. The summed E-state index contributed by atoms with van der Waals surface area (Å²) in [4.78, 5) is 13.8. The molecule has 96 valence electrons. The second-order valence-corrected chi connectivity index (χ2v) is 5.08. The summed E-state index contributed by atoms with van der Waals surface area (Å²) in [6, 6.07) is 5.28. The number of carbonyl (C=O) groups excluding carboxylic acids is 1. The summed E-state index contributed by atoms with van der Waals surface area (Å²) in [5, 5.41) is 9.38. The Morgan fingerprint density at radius 2 is 2.00 bits per heavy atom. The van der Waals surface area contributed by atoms with E-state index in [1.807, 2.05) is 11.0 Å². The van der Waals surface area contributed by atoms with Crippen molar-refractivity contribution in [2.24, 2.45) is 0 Å². The number of nitrogens with zero attached hydrogens (tertiary/aromatic N) is 1. The number of fused-ring (bicyclic) bond motifs is 1. The third kappa shape index (κ3) is 2.03. The maximum atomic E-state index is 12.0. The highest BCUT2D eigenvalue weighted by molar-refractivity contribution is 5.74. The van der Waals surface area contributed by atoms with Crippen molar-refractivity contribution in [3.63, 3.8) is 0 Å². The molecule has 1 aromatic rings. The number of amides is 1.